The van der Waals surface area contributed by atoms with Crippen molar-refractivity contribution in [2.45, 2.75) is 19.5 Å². The first kappa shape index (κ1) is 22.8. The Labute approximate surface area is 201 Å². The molecule has 1 aliphatic heterocycles. The van der Waals surface area contributed by atoms with E-state index in [1.165, 1.54) is 12.0 Å². The number of amides is 1. The topological polar surface area (TPSA) is 79.7 Å². The normalized spacial score (nSPS) is 17.5. The van der Waals surface area contributed by atoms with Gasteiger partial charge in [0.1, 0.15) is 11.5 Å². The summed E-state index contributed by atoms with van der Waals surface area (Å²) in [4.78, 5) is 31.8. The average Bonchev–Trinajstić information content (AvgIpc) is 3.04. The first-order chi connectivity index (χ1) is 15.8. The zero-order chi connectivity index (χ0) is 23.7. The summed E-state index contributed by atoms with van der Waals surface area (Å²) in [6, 6.07) is 12.9. The molecule has 1 aromatic heterocycles. The Morgan fingerprint density at radius 1 is 1.15 bits per heavy atom. The molecule has 1 aliphatic rings. The molecule has 168 valence electrons. The molecule has 2 heterocycles. The van der Waals surface area contributed by atoms with Gasteiger partial charge in [0.05, 0.1) is 29.3 Å². The number of rotatable bonds is 5. The number of aryl methyl sites for hydroxylation is 1. The van der Waals surface area contributed by atoms with Gasteiger partial charge in [0, 0.05) is 24.0 Å². The smallest absolute Gasteiger partial charge is 0.295 e. The van der Waals surface area contributed by atoms with Crippen molar-refractivity contribution in [1.82, 2.24) is 9.88 Å². The highest BCUT2D eigenvalue weighted by molar-refractivity contribution is 6.46. The summed E-state index contributed by atoms with van der Waals surface area (Å²) in [6.45, 7) is 1.94. The second-order valence-corrected chi connectivity index (χ2v) is 8.51. The number of halogens is 2. The predicted octanol–water partition coefficient (Wildman–Crippen LogP) is 5.33. The fourth-order valence-electron chi connectivity index (χ4n) is 3.98. The third-order valence-electron chi connectivity index (χ3n) is 5.45. The molecular weight excluding hydrogens is 463 g/mol. The molecular formula is C25H20Cl2N2O4. The van der Waals surface area contributed by atoms with E-state index in [1.807, 2.05) is 6.07 Å². The Kier molecular flexibility index (Phi) is 6.40. The van der Waals surface area contributed by atoms with Crippen LogP contribution < -0.4 is 4.74 Å². The van der Waals surface area contributed by atoms with Gasteiger partial charge in [-0.05, 0) is 53.9 Å². The number of ether oxygens (including phenoxy) is 1. The number of aromatic nitrogens is 1. The molecule has 4 rings (SSSR count). The molecule has 0 bridgehead atoms. The first-order valence-electron chi connectivity index (χ1n) is 10.1. The Bertz CT molecular complexity index is 1260. The fourth-order valence-corrected chi connectivity index (χ4v) is 4.46. The molecule has 3 aromatic rings. The zero-order valence-electron chi connectivity index (χ0n) is 17.9. The van der Waals surface area contributed by atoms with Gasteiger partial charge in [-0.3, -0.25) is 14.6 Å². The highest BCUT2D eigenvalue weighted by atomic mass is 35.5. The van der Waals surface area contributed by atoms with Gasteiger partial charge >= 0.3 is 0 Å². The summed E-state index contributed by atoms with van der Waals surface area (Å²) in [5.41, 5.74) is 2.32. The van der Waals surface area contributed by atoms with Crippen molar-refractivity contribution >= 4 is 40.7 Å². The highest BCUT2D eigenvalue weighted by Gasteiger charge is 2.46. The summed E-state index contributed by atoms with van der Waals surface area (Å²) in [6.07, 6.45) is 3.25. The maximum Gasteiger partial charge on any atom is 0.295 e. The molecule has 1 fully saturated rings. The van der Waals surface area contributed by atoms with E-state index in [-0.39, 0.29) is 34.2 Å². The van der Waals surface area contributed by atoms with Crippen molar-refractivity contribution in [2.24, 2.45) is 0 Å². The monoisotopic (exact) mass is 482 g/mol. The minimum Gasteiger partial charge on any atom is -0.507 e. The molecule has 2 aromatic carbocycles. The van der Waals surface area contributed by atoms with Crippen molar-refractivity contribution in [3.05, 3.63) is 98.8 Å². The largest absolute Gasteiger partial charge is 0.507 e. The lowest BCUT2D eigenvalue weighted by molar-refractivity contribution is -0.140. The van der Waals surface area contributed by atoms with Crippen molar-refractivity contribution < 1.29 is 19.4 Å². The Morgan fingerprint density at radius 3 is 2.52 bits per heavy atom. The number of carbonyl (C=O) groups is 2. The SMILES string of the molecule is COc1c(Cl)cc(C)cc1/C(O)=C1\C(=O)C(=O)N(Cc2cccnc2)C1c1ccc(Cl)cc1. The maximum absolute atomic E-state index is 13.2. The van der Waals surface area contributed by atoms with Crippen LogP contribution in [-0.2, 0) is 16.1 Å². The van der Waals surface area contributed by atoms with E-state index < -0.39 is 17.7 Å². The molecule has 1 saturated heterocycles. The van der Waals surface area contributed by atoms with Crippen molar-refractivity contribution in [1.29, 1.82) is 0 Å². The van der Waals surface area contributed by atoms with Gasteiger partial charge in [0.15, 0.2) is 0 Å². The summed E-state index contributed by atoms with van der Waals surface area (Å²) < 4.78 is 5.39. The molecule has 8 heteroatoms. The number of Topliss-reactive ketones (excluding diaryl/α,β-unsaturated/α-hetero) is 1. The molecule has 1 atom stereocenters. The van der Waals surface area contributed by atoms with Crippen molar-refractivity contribution in [2.75, 3.05) is 7.11 Å². The van der Waals surface area contributed by atoms with Crippen LogP contribution >= 0.6 is 23.2 Å². The molecule has 1 N–H and O–H groups in total. The fraction of sp³-hybridized carbons (Fsp3) is 0.160. The second-order valence-electron chi connectivity index (χ2n) is 7.67. The van der Waals surface area contributed by atoms with Crippen LogP contribution in [0.15, 0.2) is 66.5 Å². The number of hydrogen-bond acceptors (Lipinski definition) is 5. The van der Waals surface area contributed by atoms with Crippen LogP contribution in [0.3, 0.4) is 0 Å². The Balaban J connectivity index is 1.93. The lowest BCUT2D eigenvalue weighted by Gasteiger charge is -2.25. The van der Waals surface area contributed by atoms with Gasteiger partial charge in [-0.2, -0.15) is 0 Å². The average molecular weight is 483 g/mol. The van der Waals surface area contributed by atoms with E-state index in [9.17, 15) is 14.7 Å². The number of aliphatic hydroxyl groups excluding tert-OH is 1. The number of hydrogen-bond donors (Lipinski definition) is 1. The number of benzene rings is 2. The lowest BCUT2D eigenvalue weighted by Crippen LogP contribution is -2.29. The van der Waals surface area contributed by atoms with E-state index in [0.29, 0.717) is 10.6 Å². The number of nitrogens with zero attached hydrogens (tertiary/aromatic N) is 2. The van der Waals surface area contributed by atoms with Crippen molar-refractivity contribution in [3.63, 3.8) is 0 Å². The summed E-state index contributed by atoms with van der Waals surface area (Å²) in [7, 11) is 1.42. The standard InChI is InChI=1S/C25H20Cl2N2O4/c1-14-10-18(24(33-2)19(27)11-14)22(30)20-21(16-5-7-17(26)8-6-16)29(25(32)23(20)31)13-15-4-3-9-28-12-15/h3-12,21,30H,13H2,1-2H3/b22-20+. The maximum atomic E-state index is 13.2. The molecule has 0 spiro atoms. The van der Waals surface area contributed by atoms with Gasteiger partial charge in [-0.25, -0.2) is 0 Å². The van der Waals surface area contributed by atoms with Gasteiger partial charge in [-0.1, -0.05) is 41.4 Å². The second kappa shape index (κ2) is 9.25. The van der Waals surface area contributed by atoms with Crippen LogP contribution in [-0.4, -0.2) is 33.8 Å². The molecule has 0 radical (unpaired) electrons. The Morgan fingerprint density at radius 2 is 1.88 bits per heavy atom. The van der Waals surface area contributed by atoms with Crippen LogP contribution in [0.1, 0.15) is 28.3 Å². The number of ketones is 1. The number of pyridine rings is 1. The number of aliphatic hydroxyl groups is 1. The molecule has 6 nitrogen and oxygen atoms in total. The van der Waals surface area contributed by atoms with Crippen LogP contribution in [0, 0.1) is 6.92 Å². The molecule has 0 aliphatic carbocycles. The van der Waals surface area contributed by atoms with Gasteiger partial charge in [0.2, 0.25) is 0 Å². The summed E-state index contributed by atoms with van der Waals surface area (Å²) in [5, 5.41) is 12.1. The minimum atomic E-state index is -0.841. The van der Waals surface area contributed by atoms with E-state index in [2.05, 4.69) is 4.98 Å². The van der Waals surface area contributed by atoms with Crippen LogP contribution in [0.25, 0.3) is 5.76 Å². The van der Waals surface area contributed by atoms with Crippen LogP contribution in [0.5, 0.6) is 5.75 Å². The third-order valence-corrected chi connectivity index (χ3v) is 5.98. The van der Waals surface area contributed by atoms with Crippen LogP contribution in [0.4, 0.5) is 0 Å². The summed E-state index contributed by atoms with van der Waals surface area (Å²) in [5.74, 6) is -1.66. The highest BCUT2D eigenvalue weighted by Crippen LogP contribution is 2.43. The van der Waals surface area contributed by atoms with Crippen LogP contribution in [0.2, 0.25) is 10.0 Å². The zero-order valence-corrected chi connectivity index (χ0v) is 19.4. The van der Waals surface area contributed by atoms with E-state index in [4.69, 9.17) is 27.9 Å². The van der Waals surface area contributed by atoms with Gasteiger partial charge in [0.25, 0.3) is 11.7 Å². The quantitative estimate of drug-likeness (QED) is 0.302. The van der Waals surface area contributed by atoms with E-state index in [0.717, 1.165) is 11.1 Å². The molecule has 33 heavy (non-hydrogen) atoms. The van der Waals surface area contributed by atoms with E-state index >= 15 is 0 Å². The molecule has 1 unspecified atom stereocenters. The third kappa shape index (κ3) is 4.32. The minimum absolute atomic E-state index is 0.0498. The molecule has 0 saturated carbocycles. The van der Waals surface area contributed by atoms with Gasteiger partial charge < -0.3 is 14.7 Å². The lowest BCUT2D eigenvalue weighted by atomic mass is 9.94. The molecule has 1 amide bonds. The number of carbonyl (C=O) groups excluding carboxylic acids is 2. The first-order valence-corrected chi connectivity index (χ1v) is 10.8. The van der Waals surface area contributed by atoms with E-state index in [1.54, 1.807) is 61.8 Å². The Hall–Kier alpha value is -3.35. The summed E-state index contributed by atoms with van der Waals surface area (Å²) >= 11 is 12.4. The number of likely N-dealkylation sites (tertiary alicyclic amines) is 1. The predicted molar refractivity (Wildman–Crippen MR) is 126 cm³/mol. The van der Waals surface area contributed by atoms with Crippen molar-refractivity contribution in [3.8, 4) is 5.75 Å². The number of methoxy groups -OCH3 is 1. The van der Waals surface area contributed by atoms with Gasteiger partial charge in [-0.15, -0.1) is 0 Å².